The summed E-state index contributed by atoms with van der Waals surface area (Å²) in [5.41, 5.74) is 0. The number of rotatable bonds is 3. The van der Waals surface area contributed by atoms with Crippen LogP contribution in [-0.4, -0.2) is 22.6 Å². The summed E-state index contributed by atoms with van der Waals surface area (Å²) in [7, 11) is 0. The Morgan fingerprint density at radius 1 is 1.17 bits per heavy atom. The predicted octanol–water partition coefficient (Wildman–Crippen LogP) is 3.31. The lowest BCUT2D eigenvalue weighted by molar-refractivity contribution is 0.239. The molecule has 2 heteroatoms. The number of nitrogens with zero attached hydrogens (tertiary/aromatic N) is 1. The van der Waals surface area contributed by atoms with Crippen molar-refractivity contribution >= 4 is 11.9 Å². The summed E-state index contributed by atoms with van der Waals surface area (Å²) >= 11 is 1.92. The second-order valence-electron chi connectivity index (χ2n) is 3.93. The minimum absolute atomic E-state index is 0.697. The maximum absolute atomic E-state index is 2.57. The van der Waals surface area contributed by atoms with Crippen LogP contribution in [0.15, 0.2) is 0 Å². The molecule has 1 aliphatic rings. The lowest BCUT2D eigenvalue weighted by Gasteiger charge is -2.35. The van der Waals surface area contributed by atoms with Gasteiger partial charge in [-0.25, -0.2) is 4.31 Å². The van der Waals surface area contributed by atoms with E-state index in [0.717, 1.165) is 6.04 Å². The van der Waals surface area contributed by atoms with Gasteiger partial charge in [-0.2, -0.15) is 0 Å². The second-order valence-corrected chi connectivity index (χ2v) is 4.71. The largest absolute Gasteiger partial charge is 0.245 e. The molecular weight excluding hydrogens is 166 g/mol. The third-order valence-electron chi connectivity index (χ3n) is 2.65. The third kappa shape index (κ3) is 2.67. The third-order valence-corrected chi connectivity index (χ3v) is 3.80. The van der Waals surface area contributed by atoms with Crippen molar-refractivity contribution in [2.45, 2.75) is 58.0 Å². The van der Waals surface area contributed by atoms with Crippen molar-refractivity contribution in [2.75, 3.05) is 6.26 Å². The topological polar surface area (TPSA) is 3.24 Å². The monoisotopic (exact) mass is 187 g/mol. The van der Waals surface area contributed by atoms with Crippen molar-refractivity contribution in [3.05, 3.63) is 0 Å². The SMILES string of the molecule is CSN(C(C)C)C1CCCCC1. The fourth-order valence-electron chi connectivity index (χ4n) is 2.12. The number of hydrogen-bond acceptors (Lipinski definition) is 2. The molecule has 1 rings (SSSR count). The molecule has 0 atom stereocenters. The van der Waals surface area contributed by atoms with Gasteiger partial charge in [-0.3, -0.25) is 0 Å². The average molecular weight is 187 g/mol. The van der Waals surface area contributed by atoms with Gasteiger partial charge >= 0.3 is 0 Å². The van der Waals surface area contributed by atoms with E-state index in [1.165, 1.54) is 32.1 Å². The van der Waals surface area contributed by atoms with E-state index in [-0.39, 0.29) is 0 Å². The van der Waals surface area contributed by atoms with Gasteiger partial charge in [-0.1, -0.05) is 31.2 Å². The van der Waals surface area contributed by atoms with E-state index in [1.54, 1.807) is 0 Å². The van der Waals surface area contributed by atoms with E-state index in [9.17, 15) is 0 Å². The van der Waals surface area contributed by atoms with Gasteiger partial charge in [0.1, 0.15) is 0 Å². The Labute approximate surface area is 81.0 Å². The lowest BCUT2D eigenvalue weighted by atomic mass is 9.95. The molecule has 0 radical (unpaired) electrons. The summed E-state index contributed by atoms with van der Waals surface area (Å²) in [5, 5.41) is 0. The van der Waals surface area contributed by atoms with Crippen LogP contribution < -0.4 is 0 Å². The molecule has 0 unspecified atom stereocenters. The molecule has 0 heterocycles. The van der Waals surface area contributed by atoms with E-state index in [4.69, 9.17) is 0 Å². The Kier molecular flexibility index (Phi) is 4.44. The molecule has 12 heavy (non-hydrogen) atoms. The van der Waals surface area contributed by atoms with Crippen LogP contribution in [0.3, 0.4) is 0 Å². The van der Waals surface area contributed by atoms with Crippen LogP contribution in [0.2, 0.25) is 0 Å². The summed E-state index contributed by atoms with van der Waals surface area (Å²) in [6.45, 7) is 4.59. The molecule has 0 saturated heterocycles. The fraction of sp³-hybridized carbons (Fsp3) is 1.00. The smallest absolute Gasteiger partial charge is 0.0205 e. The van der Waals surface area contributed by atoms with Gasteiger partial charge in [-0.05, 0) is 32.9 Å². The van der Waals surface area contributed by atoms with Crippen LogP contribution >= 0.6 is 11.9 Å². The minimum atomic E-state index is 0.697. The molecule has 0 spiro atoms. The normalized spacial score (nSPS) is 20.8. The maximum atomic E-state index is 2.57. The van der Waals surface area contributed by atoms with Gasteiger partial charge < -0.3 is 0 Å². The van der Waals surface area contributed by atoms with Crippen molar-refractivity contribution in [3.63, 3.8) is 0 Å². The Balaban J connectivity index is 2.40. The summed E-state index contributed by atoms with van der Waals surface area (Å²) in [4.78, 5) is 0. The van der Waals surface area contributed by atoms with Crippen LogP contribution in [0, 0.1) is 0 Å². The molecule has 0 aromatic carbocycles. The van der Waals surface area contributed by atoms with Crippen molar-refractivity contribution < 1.29 is 0 Å². The van der Waals surface area contributed by atoms with Crippen molar-refractivity contribution in [1.29, 1.82) is 0 Å². The van der Waals surface area contributed by atoms with E-state index in [2.05, 4.69) is 24.4 Å². The predicted molar refractivity (Wildman–Crippen MR) is 57.4 cm³/mol. The van der Waals surface area contributed by atoms with E-state index >= 15 is 0 Å². The molecule has 0 amide bonds. The first-order chi connectivity index (χ1) is 5.75. The van der Waals surface area contributed by atoms with Crippen molar-refractivity contribution in [3.8, 4) is 0 Å². The second kappa shape index (κ2) is 5.13. The highest BCUT2D eigenvalue weighted by molar-refractivity contribution is 7.96. The number of hydrogen-bond donors (Lipinski definition) is 0. The van der Waals surface area contributed by atoms with Gasteiger partial charge in [0.2, 0.25) is 0 Å². The molecule has 72 valence electrons. The van der Waals surface area contributed by atoms with Crippen LogP contribution in [-0.2, 0) is 0 Å². The maximum Gasteiger partial charge on any atom is 0.0205 e. The molecule has 1 fully saturated rings. The van der Waals surface area contributed by atoms with E-state index in [1.807, 2.05) is 11.9 Å². The first kappa shape index (κ1) is 10.4. The summed E-state index contributed by atoms with van der Waals surface area (Å²) in [6, 6.07) is 1.55. The van der Waals surface area contributed by atoms with Crippen LogP contribution in [0.5, 0.6) is 0 Å². The Morgan fingerprint density at radius 2 is 1.75 bits per heavy atom. The fourth-order valence-corrected chi connectivity index (χ4v) is 3.05. The van der Waals surface area contributed by atoms with Crippen molar-refractivity contribution in [2.24, 2.45) is 0 Å². The van der Waals surface area contributed by atoms with E-state index < -0.39 is 0 Å². The highest BCUT2D eigenvalue weighted by Gasteiger charge is 2.22. The molecule has 0 aromatic rings. The van der Waals surface area contributed by atoms with Crippen LogP contribution in [0.1, 0.15) is 46.0 Å². The molecular formula is C10H21NS. The first-order valence-electron chi connectivity index (χ1n) is 5.08. The molecule has 1 nitrogen and oxygen atoms in total. The van der Waals surface area contributed by atoms with Gasteiger partial charge in [0.25, 0.3) is 0 Å². The zero-order valence-electron chi connectivity index (χ0n) is 8.55. The summed E-state index contributed by atoms with van der Waals surface area (Å²) in [5.74, 6) is 0. The lowest BCUT2D eigenvalue weighted by Crippen LogP contribution is -2.36. The Morgan fingerprint density at radius 3 is 2.17 bits per heavy atom. The molecule has 0 aliphatic heterocycles. The molecule has 0 aromatic heterocycles. The molecule has 0 bridgehead atoms. The first-order valence-corrected chi connectivity index (χ1v) is 6.26. The standard InChI is InChI=1S/C10H21NS/c1-9(2)11(12-3)10-7-5-4-6-8-10/h9-10H,4-8H2,1-3H3. The highest BCUT2D eigenvalue weighted by atomic mass is 32.2. The van der Waals surface area contributed by atoms with Gasteiger partial charge in [0, 0.05) is 12.1 Å². The Bertz CT molecular complexity index is 119. The quantitative estimate of drug-likeness (QED) is 0.624. The summed E-state index contributed by atoms with van der Waals surface area (Å²) in [6.07, 6.45) is 9.37. The Hall–Kier alpha value is 0.310. The van der Waals surface area contributed by atoms with Crippen LogP contribution in [0.25, 0.3) is 0 Å². The van der Waals surface area contributed by atoms with Crippen LogP contribution in [0.4, 0.5) is 0 Å². The molecule has 1 aliphatic carbocycles. The van der Waals surface area contributed by atoms with E-state index in [0.29, 0.717) is 6.04 Å². The summed E-state index contributed by atoms with van der Waals surface area (Å²) < 4.78 is 2.57. The zero-order valence-corrected chi connectivity index (χ0v) is 9.36. The van der Waals surface area contributed by atoms with Crippen molar-refractivity contribution in [1.82, 2.24) is 4.31 Å². The highest BCUT2D eigenvalue weighted by Crippen LogP contribution is 2.27. The molecule has 0 N–H and O–H groups in total. The van der Waals surface area contributed by atoms with Gasteiger partial charge in [-0.15, -0.1) is 0 Å². The van der Waals surface area contributed by atoms with Gasteiger partial charge in [0.05, 0.1) is 0 Å². The minimum Gasteiger partial charge on any atom is -0.245 e. The van der Waals surface area contributed by atoms with Gasteiger partial charge in [0.15, 0.2) is 0 Å². The zero-order chi connectivity index (χ0) is 8.97. The molecule has 1 saturated carbocycles. The average Bonchev–Trinajstić information content (AvgIpc) is 2.07.